The molecule has 3 heterocycles. The van der Waals surface area contributed by atoms with E-state index >= 15 is 0 Å². The van der Waals surface area contributed by atoms with Gasteiger partial charge in [-0.05, 0) is 54.5 Å². The van der Waals surface area contributed by atoms with Crippen molar-refractivity contribution in [3.63, 3.8) is 0 Å². The van der Waals surface area contributed by atoms with Gasteiger partial charge in [-0.3, -0.25) is 9.59 Å². The van der Waals surface area contributed by atoms with Crippen molar-refractivity contribution >= 4 is 23.2 Å². The van der Waals surface area contributed by atoms with E-state index in [1.54, 1.807) is 16.2 Å². The number of fused-ring (bicyclic) bond motifs is 1. The highest BCUT2D eigenvalue weighted by atomic mass is 32.1. The topological polar surface area (TPSA) is 68.3 Å². The van der Waals surface area contributed by atoms with Gasteiger partial charge in [0.05, 0.1) is 19.2 Å². The van der Waals surface area contributed by atoms with Gasteiger partial charge >= 0.3 is 0 Å². The van der Waals surface area contributed by atoms with E-state index in [0.29, 0.717) is 31.8 Å². The Labute approximate surface area is 192 Å². The first-order valence-corrected chi connectivity index (χ1v) is 12.0. The lowest BCUT2D eigenvalue weighted by Gasteiger charge is -2.29. The zero-order valence-electron chi connectivity index (χ0n) is 18.7. The molecule has 2 aliphatic heterocycles. The molecule has 2 aliphatic rings. The second-order valence-corrected chi connectivity index (χ2v) is 9.23. The lowest BCUT2D eigenvalue weighted by Crippen LogP contribution is -2.45. The number of benzene rings is 1. The van der Waals surface area contributed by atoms with E-state index in [1.165, 1.54) is 5.56 Å². The molecule has 0 unspecified atom stereocenters. The third kappa shape index (κ3) is 5.42. The summed E-state index contributed by atoms with van der Waals surface area (Å²) in [7, 11) is 0. The summed E-state index contributed by atoms with van der Waals surface area (Å²) in [6.07, 6.45) is 2.31. The molecule has 1 saturated heterocycles. The highest BCUT2D eigenvalue weighted by Gasteiger charge is 2.26. The summed E-state index contributed by atoms with van der Waals surface area (Å²) in [5.41, 5.74) is 2.13. The summed E-state index contributed by atoms with van der Waals surface area (Å²) in [6.45, 7) is 6.28. The standard InChI is InChI=1S/C24H30N2O5S/c1-3-23(27)26(13-19-5-4-9-29-19)15-24(28)25(14-22-17(2)8-10-32-22)12-18-6-7-20-21(11-18)31-16-30-20/h6-8,10-11,19H,3-5,9,12-16H2,1-2H3/t19-/m0/s1. The Kier molecular flexibility index (Phi) is 7.32. The summed E-state index contributed by atoms with van der Waals surface area (Å²) in [5.74, 6) is 1.32. The number of thiophene rings is 1. The second kappa shape index (κ2) is 10.4. The molecule has 4 rings (SSSR count). The van der Waals surface area contributed by atoms with E-state index in [9.17, 15) is 9.59 Å². The minimum Gasteiger partial charge on any atom is -0.454 e. The minimum atomic E-state index is -0.0738. The molecular formula is C24H30N2O5S. The number of hydrogen-bond donors (Lipinski definition) is 0. The van der Waals surface area contributed by atoms with Crippen LogP contribution < -0.4 is 9.47 Å². The molecule has 1 fully saturated rings. The lowest BCUT2D eigenvalue weighted by atomic mass is 10.1. The van der Waals surface area contributed by atoms with Gasteiger partial charge in [-0.1, -0.05) is 13.0 Å². The molecule has 1 atom stereocenters. The van der Waals surface area contributed by atoms with E-state index < -0.39 is 0 Å². The van der Waals surface area contributed by atoms with Crippen LogP contribution in [0.15, 0.2) is 29.6 Å². The number of rotatable bonds is 9. The van der Waals surface area contributed by atoms with Gasteiger partial charge in [0.15, 0.2) is 11.5 Å². The molecule has 2 amide bonds. The van der Waals surface area contributed by atoms with Crippen LogP contribution >= 0.6 is 11.3 Å². The van der Waals surface area contributed by atoms with Crippen molar-refractivity contribution in [3.05, 3.63) is 45.6 Å². The van der Waals surface area contributed by atoms with Crippen molar-refractivity contribution in [2.45, 2.75) is 52.3 Å². The van der Waals surface area contributed by atoms with Gasteiger partial charge < -0.3 is 24.0 Å². The molecule has 8 heteroatoms. The van der Waals surface area contributed by atoms with Gasteiger partial charge in [0, 0.05) is 31.0 Å². The summed E-state index contributed by atoms with van der Waals surface area (Å²) >= 11 is 1.64. The lowest BCUT2D eigenvalue weighted by molar-refractivity contribution is -0.142. The van der Waals surface area contributed by atoms with Crippen molar-refractivity contribution < 1.29 is 23.8 Å². The maximum absolute atomic E-state index is 13.5. The first kappa shape index (κ1) is 22.6. The van der Waals surface area contributed by atoms with Crippen molar-refractivity contribution in [2.75, 3.05) is 26.5 Å². The van der Waals surface area contributed by atoms with E-state index in [0.717, 1.165) is 35.6 Å². The molecule has 0 saturated carbocycles. The normalized spacial score (nSPS) is 16.9. The maximum Gasteiger partial charge on any atom is 0.242 e. The zero-order chi connectivity index (χ0) is 22.5. The van der Waals surface area contributed by atoms with E-state index in [1.807, 2.05) is 35.4 Å². The third-order valence-corrected chi connectivity index (χ3v) is 6.90. The largest absolute Gasteiger partial charge is 0.454 e. The van der Waals surface area contributed by atoms with Crippen LogP contribution in [-0.4, -0.2) is 54.2 Å². The number of carbonyl (C=O) groups is 2. The molecule has 0 N–H and O–H groups in total. The fraction of sp³-hybridized carbons (Fsp3) is 0.500. The fourth-order valence-corrected chi connectivity index (χ4v) is 4.93. The van der Waals surface area contributed by atoms with Gasteiger partial charge in [-0.2, -0.15) is 0 Å². The number of ether oxygens (including phenoxy) is 3. The summed E-state index contributed by atoms with van der Waals surface area (Å²) in [4.78, 5) is 30.7. The van der Waals surface area contributed by atoms with Gasteiger partial charge in [0.25, 0.3) is 0 Å². The fourth-order valence-electron chi connectivity index (χ4n) is 4.01. The van der Waals surface area contributed by atoms with E-state index in [-0.39, 0.29) is 31.3 Å². The van der Waals surface area contributed by atoms with Gasteiger partial charge in [0.1, 0.15) is 0 Å². The number of carbonyl (C=O) groups excluding carboxylic acids is 2. The quantitative estimate of drug-likeness (QED) is 0.573. The zero-order valence-corrected chi connectivity index (χ0v) is 19.5. The summed E-state index contributed by atoms with van der Waals surface area (Å²) < 4.78 is 16.6. The predicted octanol–water partition coefficient (Wildman–Crippen LogP) is 3.73. The van der Waals surface area contributed by atoms with Crippen molar-refractivity contribution in [3.8, 4) is 11.5 Å². The minimum absolute atomic E-state index is 0.0140. The predicted molar refractivity (Wildman–Crippen MR) is 122 cm³/mol. The monoisotopic (exact) mass is 458 g/mol. The highest BCUT2D eigenvalue weighted by Crippen LogP contribution is 2.33. The first-order valence-electron chi connectivity index (χ1n) is 11.1. The SMILES string of the molecule is CCC(=O)N(CC(=O)N(Cc1ccc2c(c1)OCO2)Cc1sccc1C)C[C@@H]1CCCO1. The molecular weight excluding hydrogens is 428 g/mol. The Balaban J connectivity index is 1.51. The van der Waals surface area contributed by atoms with E-state index in [4.69, 9.17) is 14.2 Å². The Bertz CT molecular complexity index is 954. The van der Waals surface area contributed by atoms with Crippen LogP contribution in [0.2, 0.25) is 0 Å². The number of nitrogens with zero attached hydrogens (tertiary/aromatic N) is 2. The van der Waals surface area contributed by atoms with Gasteiger partial charge in [-0.25, -0.2) is 0 Å². The van der Waals surface area contributed by atoms with Crippen LogP contribution in [0, 0.1) is 6.92 Å². The summed E-state index contributed by atoms with van der Waals surface area (Å²) in [5, 5.41) is 2.04. The molecule has 7 nitrogen and oxygen atoms in total. The van der Waals surface area contributed by atoms with E-state index in [2.05, 4.69) is 13.0 Å². The number of hydrogen-bond acceptors (Lipinski definition) is 6. The van der Waals surface area contributed by atoms with Crippen LogP contribution in [0.5, 0.6) is 11.5 Å². The Morgan fingerprint density at radius 1 is 1.09 bits per heavy atom. The van der Waals surface area contributed by atoms with Crippen LogP contribution in [-0.2, 0) is 27.4 Å². The molecule has 1 aromatic heterocycles. The van der Waals surface area contributed by atoms with Gasteiger partial charge in [-0.15, -0.1) is 11.3 Å². The molecule has 32 heavy (non-hydrogen) atoms. The van der Waals surface area contributed by atoms with Crippen LogP contribution in [0.1, 0.15) is 42.2 Å². The average molecular weight is 459 g/mol. The number of amides is 2. The van der Waals surface area contributed by atoms with Crippen molar-refractivity contribution in [2.24, 2.45) is 0 Å². The second-order valence-electron chi connectivity index (χ2n) is 8.23. The van der Waals surface area contributed by atoms with Crippen molar-refractivity contribution in [1.29, 1.82) is 0 Å². The Morgan fingerprint density at radius 2 is 1.94 bits per heavy atom. The smallest absolute Gasteiger partial charge is 0.242 e. The molecule has 0 spiro atoms. The average Bonchev–Trinajstić information content (AvgIpc) is 3.55. The molecule has 0 bridgehead atoms. The highest BCUT2D eigenvalue weighted by molar-refractivity contribution is 7.10. The first-order chi connectivity index (χ1) is 15.5. The van der Waals surface area contributed by atoms with Crippen molar-refractivity contribution in [1.82, 2.24) is 9.80 Å². The van der Waals surface area contributed by atoms with Crippen LogP contribution in [0.4, 0.5) is 0 Å². The summed E-state index contributed by atoms with van der Waals surface area (Å²) in [6, 6.07) is 7.82. The van der Waals surface area contributed by atoms with Gasteiger partial charge in [0.2, 0.25) is 18.6 Å². The third-order valence-electron chi connectivity index (χ3n) is 5.90. The Morgan fingerprint density at radius 3 is 2.66 bits per heavy atom. The van der Waals surface area contributed by atoms with Crippen LogP contribution in [0.3, 0.4) is 0 Å². The molecule has 172 valence electrons. The molecule has 0 radical (unpaired) electrons. The number of aryl methyl sites for hydroxylation is 1. The molecule has 2 aromatic rings. The maximum atomic E-state index is 13.5. The van der Waals surface area contributed by atoms with Crippen LogP contribution in [0.25, 0.3) is 0 Å². The molecule has 1 aromatic carbocycles. The molecule has 0 aliphatic carbocycles. The Hall–Kier alpha value is -2.58.